The maximum atomic E-state index is 10.1. The van der Waals surface area contributed by atoms with Gasteiger partial charge in [-0.1, -0.05) is 26.2 Å². The van der Waals surface area contributed by atoms with Gasteiger partial charge in [-0.25, -0.2) is 5.01 Å². The molecule has 1 saturated heterocycles. The van der Waals surface area contributed by atoms with Gasteiger partial charge < -0.3 is 14.7 Å². The first-order valence-corrected chi connectivity index (χ1v) is 8.65. The zero-order valence-corrected chi connectivity index (χ0v) is 13.8. The molecule has 0 radical (unpaired) electrons. The minimum Gasteiger partial charge on any atom is -0.389 e. The Morgan fingerprint density at radius 2 is 1.90 bits per heavy atom. The summed E-state index contributed by atoms with van der Waals surface area (Å²) in [6.45, 7) is 7.50. The Hall–Kier alpha value is -0.200. The highest BCUT2D eigenvalue weighted by Crippen LogP contribution is 2.29. The summed E-state index contributed by atoms with van der Waals surface area (Å²) >= 11 is 0. The number of hydrazine groups is 1. The third-order valence-electron chi connectivity index (χ3n) is 4.92. The van der Waals surface area contributed by atoms with Gasteiger partial charge in [0.05, 0.1) is 18.8 Å². The van der Waals surface area contributed by atoms with E-state index in [-0.39, 0.29) is 0 Å². The van der Waals surface area contributed by atoms with Crippen LogP contribution in [-0.2, 0) is 4.74 Å². The summed E-state index contributed by atoms with van der Waals surface area (Å²) in [5.74, 6) is 0.691. The van der Waals surface area contributed by atoms with Crippen molar-refractivity contribution in [3.63, 3.8) is 0 Å². The Morgan fingerprint density at radius 1 is 1.19 bits per heavy atom. The summed E-state index contributed by atoms with van der Waals surface area (Å²) in [5, 5.41) is 12.3. The third kappa shape index (κ3) is 5.83. The summed E-state index contributed by atoms with van der Waals surface area (Å²) < 4.78 is 5.99. The second kappa shape index (κ2) is 9.06. The lowest BCUT2D eigenvalue weighted by atomic mass is 9.85. The average Bonchev–Trinajstić information content (AvgIpc) is 2.52. The molecule has 1 aliphatic carbocycles. The Labute approximate surface area is 129 Å². The zero-order valence-electron chi connectivity index (χ0n) is 13.8. The molecule has 0 aromatic rings. The molecule has 3 atom stereocenters. The zero-order chi connectivity index (χ0) is 15.1. The number of piperazine rings is 1. The van der Waals surface area contributed by atoms with Crippen molar-refractivity contribution in [3.8, 4) is 0 Å². The van der Waals surface area contributed by atoms with Crippen LogP contribution >= 0.6 is 0 Å². The van der Waals surface area contributed by atoms with E-state index in [0.717, 1.165) is 32.6 Å². The molecular formula is C16H33N3O2. The van der Waals surface area contributed by atoms with E-state index in [1.807, 2.05) is 0 Å². The SMILES string of the molecule is CCC1CCCCC1OCC(O)CNN1CCN(C)CC1. The van der Waals surface area contributed by atoms with Crippen LogP contribution in [0.25, 0.3) is 0 Å². The van der Waals surface area contributed by atoms with Crippen molar-refractivity contribution >= 4 is 0 Å². The smallest absolute Gasteiger partial charge is 0.0911 e. The molecule has 5 nitrogen and oxygen atoms in total. The van der Waals surface area contributed by atoms with Gasteiger partial charge in [0, 0.05) is 32.7 Å². The van der Waals surface area contributed by atoms with E-state index in [9.17, 15) is 5.11 Å². The van der Waals surface area contributed by atoms with Crippen LogP contribution in [0.5, 0.6) is 0 Å². The normalized spacial score (nSPS) is 30.4. The first-order chi connectivity index (χ1) is 10.2. The number of aliphatic hydroxyl groups excluding tert-OH is 1. The lowest BCUT2D eigenvalue weighted by Gasteiger charge is -2.34. The van der Waals surface area contributed by atoms with Gasteiger partial charge in [0.1, 0.15) is 0 Å². The van der Waals surface area contributed by atoms with E-state index in [4.69, 9.17) is 4.74 Å². The summed E-state index contributed by atoms with van der Waals surface area (Å²) in [7, 11) is 2.15. The Kier molecular flexibility index (Phi) is 7.40. The number of nitrogens with one attached hydrogen (secondary N) is 1. The number of likely N-dealkylation sites (N-methyl/N-ethyl adjacent to an activating group) is 1. The minimum absolute atomic E-state index is 0.363. The van der Waals surface area contributed by atoms with Crippen LogP contribution in [0.1, 0.15) is 39.0 Å². The predicted molar refractivity (Wildman–Crippen MR) is 85.1 cm³/mol. The first-order valence-electron chi connectivity index (χ1n) is 8.65. The second-order valence-electron chi connectivity index (χ2n) is 6.63. The molecule has 5 heteroatoms. The third-order valence-corrected chi connectivity index (χ3v) is 4.92. The molecule has 21 heavy (non-hydrogen) atoms. The number of aliphatic hydroxyl groups is 1. The highest BCUT2D eigenvalue weighted by molar-refractivity contribution is 4.75. The van der Waals surface area contributed by atoms with Crippen LogP contribution in [0.3, 0.4) is 0 Å². The highest BCUT2D eigenvalue weighted by Gasteiger charge is 2.25. The molecule has 0 aromatic heterocycles. The Bertz CT molecular complexity index is 283. The van der Waals surface area contributed by atoms with Gasteiger partial charge in [0.25, 0.3) is 0 Å². The van der Waals surface area contributed by atoms with Crippen LogP contribution in [-0.4, -0.2) is 73.6 Å². The molecule has 1 heterocycles. The van der Waals surface area contributed by atoms with Crippen LogP contribution in [0.15, 0.2) is 0 Å². The number of hydrogen-bond donors (Lipinski definition) is 2. The van der Waals surface area contributed by atoms with Gasteiger partial charge in [-0.15, -0.1) is 0 Å². The molecule has 1 saturated carbocycles. The molecule has 2 rings (SSSR count). The number of ether oxygens (including phenoxy) is 1. The molecule has 1 aliphatic heterocycles. The van der Waals surface area contributed by atoms with Crippen LogP contribution in [0.2, 0.25) is 0 Å². The van der Waals surface area contributed by atoms with E-state index in [1.165, 1.54) is 25.7 Å². The van der Waals surface area contributed by atoms with E-state index in [0.29, 0.717) is 25.2 Å². The summed E-state index contributed by atoms with van der Waals surface area (Å²) in [5.41, 5.74) is 3.33. The largest absolute Gasteiger partial charge is 0.389 e. The molecule has 2 fully saturated rings. The lowest BCUT2D eigenvalue weighted by molar-refractivity contribution is -0.0546. The molecule has 2 aliphatic rings. The molecule has 0 amide bonds. The van der Waals surface area contributed by atoms with E-state index in [2.05, 4.69) is 29.3 Å². The second-order valence-corrected chi connectivity index (χ2v) is 6.63. The highest BCUT2D eigenvalue weighted by atomic mass is 16.5. The number of rotatable bonds is 7. The lowest BCUT2D eigenvalue weighted by Crippen LogP contribution is -2.52. The topological polar surface area (TPSA) is 48.0 Å². The first kappa shape index (κ1) is 17.2. The van der Waals surface area contributed by atoms with Gasteiger partial charge in [-0.3, -0.25) is 5.43 Å². The van der Waals surface area contributed by atoms with Gasteiger partial charge in [-0.2, -0.15) is 0 Å². The van der Waals surface area contributed by atoms with E-state index in [1.54, 1.807) is 0 Å². The van der Waals surface area contributed by atoms with Gasteiger partial charge >= 0.3 is 0 Å². The fraction of sp³-hybridized carbons (Fsp3) is 1.00. The fourth-order valence-electron chi connectivity index (χ4n) is 3.35. The van der Waals surface area contributed by atoms with Crippen molar-refractivity contribution in [1.29, 1.82) is 0 Å². The fourth-order valence-corrected chi connectivity index (χ4v) is 3.35. The molecule has 2 N–H and O–H groups in total. The monoisotopic (exact) mass is 299 g/mol. The standard InChI is InChI=1S/C16H33N3O2/c1-3-14-6-4-5-7-16(14)21-13-15(20)12-17-19-10-8-18(2)9-11-19/h14-17,20H,3-13H2,1-2H3. The molecular weight excluding hydrogens is 266 g/mol. The van der Waals surface area contributed by atoms with Crippen LogP contribution in [0, 0.1) is 5.92 Å². The van der Waals surface area contributed by atoms with Gasteiger partial charge in [0.2, 0.25) is 0 Å². The Morgan fingerprint density at radius 3 is 2.62 bits per heavy atom. The maximum Gasteiger partial charge on any atom is 0.0911 e. The Balaban J connectivity index is 1.59. The van der Waals surface area contributed by atoms with Crippen molar-refractivity contribution in [1.82, 2.24) is 15.3 Å². The van der Waals surface area contributed by atoms with Gasteiger partial charge in [-0.05, 0) is 25.8 Å². The van der Waals surface area contributed by atoms with Crippen molar-refractivity contribution in [2.45, 2.75) is 51.2 Å². The summed E-state index contributed by atoms with van der Waals surface area (Å²) in [6.07, 6.45) is 6.21. The van der Waals surface area contributed by atoms with E-state index >= 15 is 0 Å². The van der Waals surface area contributed by atoms with Crippen LogP contribution in [0.4, 0.5) is 0 Å². The molecule has 0 spiro atoms. The van der Waals surface area contributed by atoms with Gasteiger partial charge in [0.15, 0.2) is 0 Å². The number of nitrogens with zero attached hydrogens (tertiary/aromatic N) is 2. The van der Waals surface area contributed by atoms with Crippen molar-refractivity contribution in [2.24, 2.45) is 5.92 Å². The maximum absolute atomic E-state index is 10.1. The van der Waals surface area contributed by atoms with Crippen molar-refractivity contribution in [2.75, 3.05) is 46.4 Å². The minimum atomic E-state index is -0.413. The predicted octanol–water partition coefficient (Wildman–Crippen LogP) is 1.08. The van der Waals surface area contributed by atoms with Crippen molar-refractivity contribution in [3.05, 3.63) is 0 Å². The molecule has 0 bridgehead atoms. The summed E-state index contributed by atoms with van der Waals surface area (Å²) in [4.78, 5) is 2.33. The molecule has 124 valence electrons. The van der Waals surface area contributed by atoms with Crippen molar-refractivity contribution < 1.29 is 9.84 Å². The molecule has 3 unspecified atom stereocenters. The van der Waals surface area contributed by atoms with Crippen LogP contribution < -0.4 is 5.43 Å². The summed E-state index contributed by atoms with van der Waals surface area (Å²) in [6, 6.07) is 0. The average molecular weight is 299 g/mol. The number of hydrogen-bond acceptors (Lipinski definition) is 5. The quantitative estimate of drug-likeness (QED) is 0.737. The molecule has 0 aromatic carbocycles. The van der Waals surface area contributed by atoms with E-state index < -0.39 is 6.10 Å².